The van der Waals surface area contributed by atoms with Crippen LogP contribution in [0.4, 0.5) is 5.82 Å². The van der Waals surface area contributed by atoms with E-state index >= 15 is 0 Å². The Morgan fingerprint density at radius 1 is 1.08 bits per heavy atom. The van der Waals surface area contributed by atoms with Crippen molar-refractivity contribution in [3.8, 4) is 5.82 Å². The van der Waals surface area contributed by atoms with Crippen molar-refractivity contribution in [3.05, 3.63) is 36.9 Å². The van der Waals surface area contributed by atoms with E-state index < -0.39 is 0 Å². The Bertz CT molecular complexity index is 767. The van der Waals surface area contributed by atoms with Crippen LogP contribution in [0.3, 0.4) is 0 Å². The van der Waals surface area contributed by atoms with Gasteiger partial charge < -0.3 is 19.7 Å². The first-order chi connectivity index (χ1) is 12.2. The Labute approximate surface area is 145 Å². The minimum absolute atomic E-state index is 0.0289. The van der Waals surface area contributed by atoms with Gasteiger partial charge in [0, 0.05) is 51.1 Å². The number of carbonyl (C=O) groups is 2. The van der Waals surface area contributed by atoms with E-state index in [4.69, 9.17) is 0 Å². The van der Waals surface area contributed by atoms with Crippen LogP contribution < -0.4 is 10.2 Å². The van der Waals surface area contributed by atoms with Crippen LogP contribution in [0.1, 0.15) is 12.8 Å². The molecule has 2 aliphatic heterocycles. The predicted octanol–water partition coefficient (Wildman–Crippen LogP) is 0.195. The summed E-state index contributed by atoms with van der Waals surface area (Å²) in [6.45, 7) is 2.70. The van der Waals surface area contributed by atoms with Crippen LogP contribution in [-0.2, 0) is 9.59 Å². The first-order valence-corrected chi connectivity index (χ1v) is 8.49. The van der Waals surface area contributed by atoms with E-state index in [1.165, 1.54) is 0 Å². The number of aromatic nitrogens is 3. The summed E-state index contributed by atoms with van der Waals surface area (Å²) < 4.78 is 1.94. The number of nitrogens with zero attached hydrogens (tertiary/aromatic N) is 5. The van der Waals surface area contributed by atoms with E-state index in [0.29, 0.717) is 39.0 Å². The Morgan fingerprint density at radius 3 is 2.48 bits per heavy atom. The van der Waals surface area contributed by atoms with Crippen molar-refractivity contribution >= 4 is 17.6 Å². The van der Waals surface area contributed by atoms with Crippen LogP contribution in [0.5, 0.6) is 0 Å². The smallest absolute Gasteiger partial charge is 0.245 e. The molecule has 4 heterocycles. The summed E-state index contributed by atoms with van der Waals surface area (Å²) in [5.74, 6) is 1.68. The first kappa shape index (κ1) is 15.6. The van der Waals surface area contributed by atoms with Gasteiger partial charge in [-0.15, -0.1) is 0 Å². The molecule has 8 heteroatoms. The van der Waals surface area contributed by atoms with Crippen LogP contribution >= 0.6 is 0 Å². The summed E-state index contributed by atoms with van der Waals surface area (Å²) in [5.41, 5.74) is 0. The molecule has 4 rings (SSSR count). The van der Waals surface area contributed by atoms with Gasteiger partial charge in [-0.05, 0) is 18.6 Å². The zero-order valence-corrected chi connectivity index (χ0v) is 13.8. The van der Waals surface area contributed by atoms with Gasteiger partial charge in [0.05, 0.1) is 0 Å². The molecule has 0 unspecified atom stereocenters. The number of nitrogens with one attached hydrogen (secondary N) is 1. The number of piperazine rings is 1. The van der Waals surface area contributed by atoms with Crippen molar-refractivity contribution in [1.29, 1.82) is 0 Å². The highest BCUT2D eigenvalue weighted by atomic mass is 16.2. The molecule has 2 aromatic heterocycles. The zero-order valence-electron chi connectivity index (χ0n) is 13.8. The van der Waals surface area contributed by atoms with E-state index in [2.05, 4.69) is 20.2 Å². The van der Waals surface area contributed by atoms with E-state index in [1.807, 2.05) is 40.1 Å². The normalized spacial score (nSPS) is 20.6. The van der Waals surface area contributed by atoms with Crippen LogP contribution in [0.15, 0.2) is 36.9 Å². The Morgan fingerprint density at radius 2 is 1.80 bits per heavy atom. The van der Waals surface area contributed by atoms with Gasteiger partial charge in [0.15, 0.2) is 0 Å². The number of amides is 2. The minimum Gasteiger partial charge on any atom is -0.353 e. The summed E-state index contributed by atoms with van der Waals surface area (Å²) in [7, 11) is 0. The van der Waals surface area contributed by atoms with Gasteiger partial charge in [-0.1, -0.05) is 0 Å². The Kier molecular flexibility index (Phi) is 4.09. The number of rotatable bonds is 3. The van der Waals surface area contributed by atoms with Gasteiger partial charge in [-0.3, -0.25) is 9.59 Å². The van der Waals surface area contributed by atoms with E-state index in [-0.39, 0.29) is 17.9 Å². The molecule has 0 aliphatic carbocycles. The number of hydrogen-bond acceptors (Lipinski definition) is 5. The monoisotopic (exact) mass is 340 g/mol. The van der Waals surface area contributed by atoms with Gasteiger partial charge in [0.25, 0.3) is 0 Å². The molecule has 0 aromatic carbocycles. The Balaban J connectivity index is 1.40. The lowest BCUT2D eigenvalue weighted by molar-refractivity contribution is -0.134. The van der Waals surface area contributed by atoms with Crippen LogP contribution in [0.25, 0.3) is 5.82 Å². The topological polar surface area (TPSA) is 83.4 Å². The molecule has 1 atom stereocenters. The summed E-state index contributed by atoms with van der Waals surface area (Å²) in [4.78, 5) is 36.4. The molecule has 8 nitrogen and oxygen atoms in total. The second-order valence-electron chi connectivity index (χ2n) is 6.30. The molecule has 0 bridgehead atoms. The van der Waals surface area contributed by atoms with Crippen molar-refractivity contribution in [1.82, 2.24) is 24.8 Å². The third-order valence-electron chi connectivity index (χ3n) is 4.72. The summed E-state index contributed by atoms with van der Waals surface area (Å²) in [5, 5.41) is 2.75. The van der Waals surface area contributed by atoms with E-state index in [0.717, 1.165) is 11.6 Å². The largest absolute Gasteiger partial charge is 0.353 e. The molecule has 2 aromatic rings. The van der Waals surface area contributed by atoms with E-state index in [9.17, 15) is 9.59 Å². The maximum Gasteiger partial charge on any atom is 0.245 e. The van der Waals surface area contributed by atoms with Crippen molar-refractivity contribution in [3.63, 3.8) is 0 Å². The summed E-state index contributed by atoms with van der Waals surface area (Å²) >= 11 is 0. The van der Waals surface area contributed by atoms with E-state index in [1.54, 1.807) is 6.33 Å². The molecule has 2 amide bonds. The zero-order chi connectivity index (χ0) is 17.2. The fraction of sp³-hybridized carbons (Fsp3) is 0.412. The highest BCUT2D eigenvalue weighted by Crippen LogP contribution is 2.17. The second kappa shape index (κ2) is 6.54. The molecule has 0 saturated carbocycles. The average molecular weight is 340 g/mol. The second-order valence-corrected chi connectivity index (χ2v) is 6.30. The van der Waals surface area contributed by atoms with Gasteiger partial charge in [-0.25, -0.2) is 9.97 Å². The fourth-order valence-electron chi connectivity index (χ4n) is 3.31. The molecular weight excluding hydrogens is 320 g/mol. The molecule has 0 radical (unpaired) electrons. The van der Waals surface area contributed by atoms with Gasteiger partial charge in [-0.2, -0.15) is 0 Å². The highest BCUT2D eigenvalue weighted by molar-refractivity contribution is 5.90. The fourth-order valence-corrected chi connectivity index (χ4v) is 3.31. The number of anilines is 1. The molecule has 0 spiro atoms. The third kappa shape index (κ3) is 3.19. The van der Waals surface area contributed by atoms with Crippen LogP contribution in [0, 0.1) is 0 Å². The average Bonchev–Trinajstić information content (AvgIpc) is 3.33. The van der Waals surface area contributed by atoms with Gasteiger partial charge in [0.1, 0.15) is 24.0 Å². The predicted molar refractivity (Wildman–Crippen MR) is 91.3 cm³/mol. The summed E-state index contributed by atoms with van der Waals surface area (Å²) in [6.07, 6.45) is 6.50. The molecule has 2 fully saturated rings. The third-order valence-corrected chi connectivity index (χ3v) is 4.72. The SMILES string of the molecule is O=C1CC[C@@H](C(=O)N2CCN(c3cc(-n4cccc4)ncn3)CC2)N1. The lowest BCUT2D eigenvalue weighted by Crippen LogP contribution is -2.53. The van der Waals surface area contributed by atoms with Crippen LogP contribution in [-0.4, -0.2) is 63.5 Å². The molecule has 25 heavy (non-hydrogen) atoms. The first-order valence-electron chi connectivity index (χ1n) is 8.49. The highest BCUT2D eigenvalue weighted by Gasteiger charge is 2.32. The van der Waals surface area contributed by atoms with Gasteiger partial charge in [0.2, 0.25) is 11.8 Å². The quantitative estimate of drug-likeness (QED) is 0.863. The maximum absolute atomic E-state index is 12.5. The number of carbonyl (C=O) groups excluding carboxylic acids is 2. The lowest BCUT2D eigenvalue weighted by atomic mass is 10.2. The Hall–Kier alpha value is -2.90. The summed E-state index contributed by atoms with van der Waals surface area (Å²) in [6, 6.07) is 5.51. The molecule has 1 N–H and O–H groups in total. The number of hydrogen-bond donors (Lipinski definition) is 1. The standard InChI is InChI=1S/C17H20N6O2/c24-16-4-3-13(20-16)17(25)23-9-7-22(8-10-23)15-11-14(18-12-19-15)21-5-1-2-6-21/h1-2,5-6,11-13H,3-4,7-10H2,(H,20,24)/t13-/m0/s1. The molecule has 130 valence electrons. The van der Waals surface area contributed by atoms with Crippen LogP contribution in [0.2, 0.25) is 0 Å². The molecular formula is C17H20N6O2. The lowest BCUT2D eigenvalue weighted by Gasteiger charge is -2.36. The van der Waals surface area contributed by atoms with Gasteiger partial charge >= 0.3 is 0 Å². The molecule has 2 aliphatic rings. The van der Waals surface area contributed by atoms with Crippen molar-refractivity contribution < 1.29 is 9.59 Å². The van der Waals surface area contributed by atoms with Crippen molar-refractivity contribution in [2.75, 3.05) is 31.1 Å². The van der Waals surface area contributed by atoms with Crippen molar-refractivity contribution in [2.45, 2.75) is 18.9 Å². The molecule has 2 saturated heterocycles. The van der Waals surface area contributed by atoms with Crippen molar-refractivity contribution in [2.24, 2.45) is 0 Å². The minimum atomic E-state index is -0.349. The maximum atomic E-state index is 12.5.